The molecule has 5 heteroatoms. The van der Waals surface area contributed by atoms with Crippen LogP contribution in [-0.2, 0) is 4.79 Å². The van der Waals surface area contributed by atoms with Gasteiger partial charge in [-0.1, -0.05) is 38.1 Å². The Morgan fingerprint density at radius 1 is 1.14 bits per heavy atom. The van der Waals surface area contributed by atoms with Crippen molar-refractivity contribution in [2.75, 3.05) is 20.1 Å². The van der Waals surface area contributed by atoms with Crippen LogP contribution in [0.3, 0.4) is 0 Å². The molecule has 0 heterocycles. The summed E-state index contributed by atoms with van der Waals surface area (Å²) in [6, 6.07) is 8.46. The molecule has 0 aliphatic rings. The Hall–Kier alpha value is -2.04. The van der Waals surface area contributed by atoms with Crippen molar-refractivity contribution in [3.63, 3.8) is 0 Å². The van der Waals surface area contributed by atoms with E-state index in [-0.39, 0.29) is 17.9 Å². The standard InChI is InChI=1S/C17H28N4O/c1-12(2)16(22)19-10-11-20-17(18-5)21-14(4)15-9-7-6-8-13(15)3/h6-9,12,14H,10-11H2,1-5H3,(H,19,22)(H2,18,20,21). The number of aliphatic imine (C=N–C) groups is 1. The van der Waals surface area contributed by atoms with E-state index in [4.69, 9.17) is 0 Å². The molecule has 1 atom stereocenters. The summed E-state index contributed by atoms with van der Waals surface area (Å²) in [5.41, 5.74) is 2.50. The van der Waals surface area contributed by atoms with Crippen LogP contribution in [0.5, 0.6) is 0 Å². The fourth-order valence-corrected chi connectivity index (χ4v) is 2.12. The number of nitrogens with one attached hydrogen (secondary N) is 3. The van der Waals surface area contributed by atoms with Crippen LogP contribution < -0.4 is 16.0 Å². The first-order chi connectivity index (χ1) is 10.5. The Morgan fingerprint density at radius 2 is 1.77 bits per heavy atom. The van der Waals surface area contributed by atoms with E-state index in [1.54, 1.807) is 7.05 Å². The van der Waals surface area contributed by atoms with Crippen LogP contribution in [-0.4, -0.2) is 32.0 Å². The highest BCUT2D eigenvalue weighted by Crippen LogP contribution is 2.16. The van der Waals surface area contributed by atoms with Gasteiger partial charge < -0.3 is 16.0 Å². The minimum Gasteiger partial charge on any atom is -0.355 e. The van der Waals surface area contributed by atoms with E-state index >= 15 is 0 Å². The molecule has 0 saturated carbocycles. The number of rotatable bonds is 6. The van der Waals surface area contributed by atoms with Crippen LogP contribution in [0.2, 0.25) is 0 Å². The lowest BCUT2D eigenvalue weighted by Crippen LogP contribution is -2.43. The van der Waals surface area contributed by atoms with Gasteiger partial charge in [-0.2, -0.15) is 0 Å². The fourth-order valence-electron chi connectivity index (χ4n) is 2.12. The smallest absolute Gasteiger partial charge is 0.222 e. The van der Waals surface area contributed by atoms with E-state index in [9.17, 15) is 4.79 Å². The number of carbonyl (C=O) groups excluding carboxylic acids is 1. The van der Waals surface area contributed by atoms with E-state index in [2.05, 4.69) is 46.9 Å². The third kappa shape index (κ3) is 5.76. The monoisotopic (exact) mass is 304 g/mol. The molecule has 1 aromatic carbocycles. The van der Waals surface area contributed by atoms with Crippen LogP contribution in [0.1, 0.15) is 37.9 Å². The third-order valence-corrected chi connectivity index (χ3v) is 3.47. The summed E-state index contributed by atoms with van der Waals surface area (Å²) in [7, 11) is 1.74. The zero-order valence-corrected chi connectivity index (χ0v) is 14.2. The molecule has 5 nitrogen and oxygen atoms in total. The summed E-state index contributed by atoms with van der Waals surface area (Å²) in [5.74, 6) is 0.811. The van der Waals surface area contributed by atoms with Crippen LogP contribution >= 0.6 is 0 Å². The van der Waals surface area contributed by atoms with Crippen molar-refractivity contribution in [1.29, 1.82) is 0 Å². The lowest BCUT2D eigenvalue weighted by atomic mass is 10.0. The SMILES string of the molecule is CN=C(NCCNC(=O)C(C)C)NC(C)c1ccccc1C. The number of benzene rings is 1. The number of amides is 1. The molecule has 122 valence electrons. The van der Waals surface area contributed by atoms with Gasteiger partial charge in [0.1, 0.15) is 0 Å². The Bertz CT molecular complexity index is 511. The van der Waals surface area contributed by atoms with Crippen LogP contribution in [0, 0.1) is 12.8 Å². The molecule has 0 radical (unpaired) electrons. The average Bonchev–Trinajstić information content (AvgIpc) is 2.50. The number of guanidine groups is 1. The Morgan fingerprint density at radius 3 is 2.36 bits per heavy atom. The quantitative estimate of drug-likeness (QED) is 0.428. The summed E-state index contributed by atoms with van der Waals surface area (Å²) in [6.07, 6.45) is 0. The Labute approximate surface area is 133 Å². The molecule has 0 saturated heterocycles. The van der Waals surface area contributed by atoms with Gasteiger partial charge in [-0.15, -0.1) is 0 Å². The van der Waals surface area contributed by atoms with Crippen molar-refractivity contribution in [3.05, 3.63) is 35.4 Å². The summed E-state index contributed by atoms with van der Waals surface area (Å²) < 4.78 is 0. The molecule has 0 fully saturated rings. The number of hydrogen-bond acceptors (Lipinski definition) is 2. The fraction of sp³-hybridized carbons (Fsp3) is 0.529. The predicted molar refractivity (Wildman–Crippen MR) is 91.9 cm³/mol. The maximum atomic E-state index is 11.5. The molecular weight excluding hydrogens is 276 g/mol. The zero-order valence-electron chi connectivity index (χ0n) is 14.2. The number of aryl methyl sites for hydroxylation is 1. The normalized spacial score (nSPS) is 12.9. The largest absolute Gasteiger partial charge is 0.355 e. The molecule has 0 bridgehead atoms. The highest BCUT2D eigenvalue weighted by atomic mass is 16.1. The van der Waals surface area contributed by atoms with Gasteiger partial charge in [0.05, 0.1) is 6.04 Å². The third-order valence-electron chi connectivity index (χ3n) is 3.47. The Balaban J connectivity index is 2.43. The van der Waals surface area contributed by atoms with E-state index in [0.717, 1.165) is 5.96 Å². The van der Waals surface area contributed by atoms with E-state index in [0.29, 0.717) is 13.1 Å². The van der Waals surface area contributed by atoms with Gasteiger partial charge in [0.15, 0.2) is 5.96 Å². The Kier molecular flexibility index (Phi) is 7.43. The number of nitrogens with zero attached hydrogens (tertiary/aromatic N) is 1. The molecule has 1 amide bonds. The van der Waals surface area contributed by atoms with Crippen LogP contribution in [0.15, 0.2) is 29.3 Å². The van der Waals surface area contributed by atoms with Crippen molar-refractivity contribution in [1.82, 2.24) is 16.0 Å². The van der Waals surface area contributed by atoms with Gasteiger partial charge in [0, 0.05) is 26.1 Å². The maximum Gasteiger partial charge on any atom is 0.222 e. The van der Waals surface area contributed by atoms with Gasteiger partial charge in [-0.05, 0) is 25.0 Å². The number of hydrogen-bond donors (Lipinski definition) is 3. The second-order valence-electron chi connectivity index (χ2n) is 5.67. The van der Waals surface area contributed by atoms with Gasteiger partial charge in [-0.3, -0.25) is 9.79 Å². The highest BCUT2D eigenvalue weighted by Gasteiger charge is 2.10. The molecule has 1 unspecified atom stereocenters. The van der Waals surface area contributed by atoms with Crippen molar-refractivity contribution in [2.24, 2.45) is 10.9 Å². The lowest BCUT2D eigenvalue weighted by Gasteiger charge is -2.20. The maximum absolute atomic E-state index is 11.5. The van der Waals surface area contributed by atoms with E-state index in [1.807, 2.05) is 26.0 Å². The van der Waals surface area contributed by atoms with Crippen molar-refractivity contribution >= 4 is 11.9 Å². The molecular formula is C17H28N4O. The first-order valence-electron chi connectivity index (χ1n) is 7.76. The minimum absolute atomic E-state index is 0.0125. The zero-order chi connectivity index (χ0) is 16.5. The van der Waals surface area contributed by atoms with Gasteiger partial charge in [0.2, 0.25) is 5.91 Å². The molecule has 0 spiro atoms. The molecule has 22 heavy (non-hydrogen) atoms. The van der Waals surface area contributed by atoms with Crippen molar-refractivity contribution in [2.45, 2.75) is 33.7 Å². The predicted octanol–water partition coefficient (Wildman–Crippen LogP) is 1.99. The van der Waals surface area contributed by atoms with Crippen LogP contribution in [0.4, 0.5) is 0 Å². The molecule has 1 rings (SSSR count). The second kappa shape index (κ2) is 9.07. The van der Waals surface area contributed by atoms with Gasteiger partial charge in [0.25, 0.3) is 0 Å². The summed E-state index contributed by atoms with van der Waals surface area (Å²) in [6.45, 7) is 9.19. The summed E-state index contributed by atoms with van der Waals surface area (Å²) >= 11 is 0. The lowest BCUT2D eigenvalue weighted by molar-refractivity contribution is -0.123. The van der Waals surface area contributed by atoms with Crippen LogP contribution in [0.25, 0.3) is 0 Å². The molecule has 0 aromatic heterocycles. The second-order valence-corrected chi connectivity index (χ2v) is 5.67. The summed E-state index contributed by atoms with van der Waals surface area (Å²) in [5, 5.41) is 9.44. The molecule has 0 aliphatic heterocycles. The molecule has 0 aliphatic carbocycles. The van der Waals surface area contributed by atoms with E-state index < -0.39 is 0 Å². The molecule has 3 N–H and O–H groups in total. The first-order valence-corrected chi connectivity index (χ1v) is 7.76. The van der Waals surface area contributed by atoms with Gasteiger partial charge in [-0.25, -0.2) is 0 Å². The van der Waals surface area contributed by atoms with Crippen molar-refractivity contribution < 1.29 is 4.79 Å². The van der Waals surface area contributed by atoms with Crippen molar-refractivity contribution in [3.8, 4) is 0 Å². The van der Waals surface area contributed by atoms with Gasteiger partial charge >= 0.3 is 0 Å². The summed E-state index contributed by atoms with van der Waals surface area (Å²) in [4.78, 5) is 15.7. The minimum atomic E-state index is 0.0125. The first kappa shape index (κ1) is 18.0. The topological polar surface area (TPSA) is 65.5 Å². The average molecular weight is 304 g/mol. The number of carbonyl (C=O) groups is 1. The molecule has 1 aromatic rings. The van der Waals surface area contributed by atoms with E-state index in [1.165, 1.54) is 11.1 Å². The highest BCUT2D eigenvalue weighted by molar-refractivity contribution is 5.80.